The van der Waals surface area contributed by atoms with Crippen LogP contribution in [0.4, 0.5) is 0 Å². The van der Waals surface area contributed by atoms with Gasteiger partial charge in [0.1, 0.15) is 0 Å². The lowest BCUT2D eigenvalue weighted by Gasteiger charge is -1.83. The summed E-state index contributed by atoms with van der Waals surface area (Å²) in [6.07, 6.45) is 1.39. The van der Waals surface area contributed by atoms with Crippen LogP contribution in [0.1, 0.15) is 0 Å². The molecule has 0 unspecified atom stereocenters. The minimum atomic E-state index is 0.423. The quantitative estimate of drug-likeness (QED) is 0.323. The Morgan fingerprint density at radius 2 is 2.56 bits per heavy atom. The predicted molar refractivity (Wildman–Crippen MR) is 42.2 cm³/mol. The van der Waals surface area contributed by atoms with E-state index in [-0.39, 0.29) is 0 Å². The first-order chi connectivity index (χ1) is 4.34. The lowest BCUT2D eigenvalue weighted by molar-refractivity contribution is 1.53. The topological polar surface area (TPSA) is 36.1 Å². The fourth-order valence-electron chi connectivity index (χ4n) is 0.313. The first-order valence-electron chi connectivity index (χ1n) is 2.02. The molecule has 1 rings (SSSR count). The van der Waals surface area contributed by atoms with Crippen LogP contribution in [-0.2, 0) is 0 Å². The third kappa shape index (κ3) is 1.65. The molecule has 1 heterocycles. The molecule has 0 atom stereocenters. The smallest absolute Gasteiger partial charge is 0.153 e. The zero-order chi connectivity index (χ0) is 6.69. The number of nitriles is 1. The maximum Gasteiger partial charge on any atom is 0.153 e. The molecular formula is C4HClN2S2. The Morgan fingerprint density at radius 3 is 3.00 bits per heavy atom. The minimum absolute atomic E-state index is 0.423. The van der Waals surface area contributed by atoms with E-state index in [0.717, 1.165) is 4.91 Å². The van der Waals surface area contributed by atoms with Gasteiger partial charge < -0.3 is 0 Å². The van der Waals surface area contributed by atoms with Gasteiger partial charge in [0.25, 0.3) is 0 Å². The van der Waals surface area contributed by atoms with Gasteiger partial charge in [-0.2, -0.15) is 9.66 Å². The van der Waals surface area contributed by atoms with Crippen LogP contribution in [0.3, 0.4) is 0 Å². The Bertz CT molecular complexity index is 215. The van der Waals surface area contributed by atoms with E-state index in [1.807, 2.05) is 6.07 Å². The van der Waals surface area contributed by atoms with Crippen molar-refractivity contribution in [1.29, 1.82) is 5.26 Å². The lowest BCUT2D eigenvalue weighted by atomic mass is 10.5. The average molecular weight is 177 g/mol. The van der Waals surface area contributed by atoms with Crippen molar-refractivity contribution in [1.82, 2.24) is 0 Å². The van der Waals surface area contributed by atoms with E-state index in [0.29, 0.717) is 5.17 Å². The number of hydrogen-bond donors (Lipinski definition) is 0. The molecule has 0 amide bonds. The van der Waals surface area contributed by atoms with Crippen LogP contribution in [0.15, 0.2) is 15.4 Å². The molecule has 0 bridgehead atoms. The largest absolute Gasteiger partial charge is 0.193 e. The maximum atomic E-state index is 8.18. The highest BCUT2D eigenvalue weighted by atomic mass is 35.5. The Morgan fingerprint density at radius 1 is 1.78 bits per heavy atom. The van der Waals surface area contributed by atoms with Crippen LogP contribution in [0.25, 0.3) is 0 Å². The first-order valence-corrected chi connectivity index (χ1v) is 4.50. The van der Waals surface area contributed by atoms with Gasteiger partial charge >= 0.3 is 0 Å². The van der Waals surface area contributed by atoms with Gasteiger partial charge in [-0.3, -0.25) is 0 Å². The second-order valence-electron chi connectivity index (χ2n) is 1.18. The van der Waals surface area contributed by atoms with E-state index >= 15 is 0 Å². The highest BCUT2D eigenvalue weighted by Crippen LogP contribution is 2.39. The van der Waals surface area contributed by atoms with Crippen molar-refractivity contribution in [2.45, 2.75) is 0 Å². The van der Waals surface area contributed by atoms with E-state index in [1.165, 1.54) is 27.8 Å². The molecule has 0 radical (unpaired) electrons. The standard InChI is InChI=1S/C4HClN2S2/c5-4-3(1-2-6)8-9-7-4/h1H/b3-1-. The molecule has 0 aromatic carbocycles. The van der Waals surface area contributed by atoms with Gasteiger partial charge in [0.2, 0.25) is 0 Å². The van der Waals surface area contributed by atoms with Crippen molar-refractivity contribution in [3.8, 4) is 6.07 Å². The van der Waals surface area contributed by atoms with E-state index in [9.17, 15) is 0 Å². The molecule has 0 saturated carbocycles. The van der Waals surface area contributed by atoms with Gasteiger partial charge in [-0.15, -0.1) is 0 Å². The highest BCUT2D eigenvalue weighted by molar-refractivity contribution is 8.78. The lowest BCUT2D eigenvalue weighted by Crippen LogP contribution is -1.79. The molecule has 0 fully saturated rings. The Hall–Kier alpha value is -0.110. The molecule has 2 nitrogen and oxygen atoms in total. The van der Waals surface area contributed by atoms with Crippen molar-refractivity contribution < 1.29 is 0 Å². The molecule has 1 aliphatic heterocycles. The summed E-state index contributed by atoms with van der Waals surface area (Å²) in [6.45, 7) is 0. The molecule has 1 aliphatic rings. The van der Waals surface area contributed by atoms with Crippen LogP contribution in [-0.4, -0.2) is 5.17 Å². The van der Waals surface area contributed by atoms with Crippen molar-refractivity contribution in [3.05, 3.63) is 11.0 Å². The average Bonchev–Trinajstić information content (AvgIpc) is 2.18. The second-order valence-corrected chi connectivity index (χ2v) is 3.42. The molecule has 0 saturated heterocycles. The van der Waals surface area contributed by atoms with Crippen LogP contribution >= 0.6 is 33.4 Å². The monoisotopic (exact) mass is 176 g/mol. The van der Waals surface area contributed by atoms with E-state index < -0.39 is 0 Å². The van der Waals surface area contributed by atoms with Gasteiger partial charge in [-0.1, -0.05) is 11.6 Å². The molecule has 5 heteroatoms. The molecular weight excluding hydrogens is 176 g/mol. The highest BCUT2D eigenvalue weighted by Gasteiger charge is 2.11. The van der Waals surface area contributed by atoms with Gasteiger partial charge in [-0.05, 0) is 10.8 Å². The number of nitrogens with zero attached hydrogens (tertiary/aromatic N) is 2. The van der Waals surface area contributed by atoms with Crippen molar-refractivity contribution in [2.24, 2.45) is 4.40 Å². The predicted octanol–water partition coefficient (Wildman–Crippen LogP) is 2.34. The van der Waals surface area contributed by atoms with Crippen LogP contribution in [0.5, 0.6) is 0 Å². The molecule has 9 heavy (non-hydrogen) atoms. The van der Waals surface area contributed by atoms with Crippen molar-refractivity contribution >= 4 is 38.5 Å². The zero-order valence-electron chi connectivity index (χ0n) is 4.17. The van der Waals surface area contributed by atoms with Gasteiger partial charge in [-0.25, -0.2) is 0 Å². The summed E-state index contributed by atoms with van der Waals surface area (Å²) in [5.41, 5.74) is 0. The summed E-state index contributed by atoms with van der Waals surface area (Å²) in [5, 5.41) is 8.60. The van der Waals surface area contributed by atoms with Crippen molar-refractivity contribution in [3.63, 3.8) is 0 Å². The fraction of sp³-hybridized carbons (Fsp3) is 0. The zero-order valence-corrected chi connectivity index (χ0v) is 6.56. The van der Waals surface area contributed by atoms with Gasteiger partial charge in [0, 0.05) is 6.08 Å². The van der Waals surface area contributed by atoms with Crippen LogP contribution < -0.4 is 0 Å². The number of hydrogen-bond acceptors (Lipinski definition) is 4. The first kappa shape index (κ1) is 7.00. The molecule has 0 aliphatic carbocycles. The molecule has 0 aromatic heterocycles. The number of allylic oxidation sites excluding steroid dienone is 2. The van der Waals surface area contributed by atoms with E-state index in [1.54, 1.807) is 0 Å². The minimum Gasteiger partial charge on any atom is -0.193 e. The van der Waals surface area contributed by atoms with Crippen LogP contribution in [0, 0.1) is 11.3 Å². The molecule has 0 spiro atoms. The third-order valence-electron chi connectivity index (χ3n) is 0.643. The molecule has 0 N–H and O–H groups in total. The normalized spacial score (nSPS) is 21.8. The fourth-order valence-corrected chi connectivity index (χ4v) is 2.36. The summed E-state index contributed by atoms with van der Waals surface area (Å²) in [7, 11) is 2.68. The number of halogens is 1. The molecule has 46 valence electrons. The summed E-state index contributed by atoms with van der Waals surface area (Å²) in [5.74, 6) is 0. The summed E-state index contributed by atoms with van der Waals surface area (Å²) >= 11 is 5.55. The maximum absolute atomic E-state index is 8.18. The van der Waals surface area contributed by atoms with Gasteiger partial charge in [0.05, 0.1) is 22.0 Å². The second kappa shape index (κ2) is 3.16. The Balaban J connectivity index is 2.77. The third-order valence-corrected chi connectivity index (χ3v) is 2.95. The number of rotatable bonds is 0. The van der Waals surface area contributed by atoms with Gasteiger partial charge in [0.15, 0.2) is 5.17 Å². The van der Waals surface area contributed by atoms with Crippen molar-refractivity contribution in [2.75, 3.05) is 0 Å². The summed E-state index contributed by atoms with van der Waals surface area (Å²) < 4.78 is 3.78. The summed E-state index contributed by atoms with van der Waals surface area (Å²) in [4.78, 5) is 0.740. The van der Waals surface area contributed by atoms with Crippen LogP contribution in [0.2, 0.25) is 0 Å². The Labute approximate surface area is 65.5 Å². The summed E-state index contributed by atoms with van der Waals surface area (Å²) in [6, 6.07) is 1.88. The molecule has 0 aromatic rings. The van der Waals surface area contributed by atoms with E-state index in [2.05, 4.69) is 4.40 Å². The van der Waals surface area contributed by atoms with E-state index in [4.69, 9.17) is 16.9 Å². The SMILES string of the molecule is N#C/C=C1\SSN=C1Cl. The Kier molecular flexibility index (Phi) is 2.46.